The number of benzene rings is 1. The number of hydrogen-bond donors (Lipinski definition) is 0. The van der Waals surface area contributed by atoms with Crippen molar-refractivity contribution in [1.82, 2.24) is 9.13 Å². The Bertz CT molecular complexity index is 995. The van der Waals surface area contributed by atoms with Crippen LogP contribution in [-0.2, 0) is 7.05 Å². The van der Waals surface area contributed by atoms with Gasteiger partial charge in [-0.3, -0.25) is 9.36 Å². The summed E-state index contributed by atoms with van der Waals surface area (Å²) in [5, 5.41) is 0.593. The second-order valence-corrected chi connectivity index (χ2v) is 6.32. The molecule has 0 aliphatic heterocycles. The van der Waals surface area contributed by atoms with Crippen molar-refractivity contribution >= 4 is 21.6 Å². The van der Waals surface area contributed by atoms with Crippen molar-refractivity contribution < 1.29 is 4.74 Å². The summed E-state index contributed by atoms with van der Waals surface area (Å²) in [5.74, 6) is 0.491. The molecule has 22 heavy (non-hydrogen) atoms. The summed E-state index contributed by atoms with van der Waals surface area (Å²) in [7, 11) is 3.21. The summed E-state index contributed by atoms with van der Waals surface area (Å²) in [5.41, 5.74) is 0.706. The average molecular weight is 316 g/mol. The van der Waals surface area contributed by atoms with E-state index in [4.69, 9.17) is 4.74 Å². The Morgan fingerprint density at radius 2 is 1.82 bits per heavy atom. The lowest BCUT2D eigenvalue weighted by atomic mass is 10.2. The van der Waals surface area contributed by atoms with E-state index in [2.05, 4.69) is 0 Å². The number of hydrogen-bond acceptors (Lipinski definition) is 4. The molecule has 2 heterocycles. The van der Waals surface area contributed by atoms with Crippen LogP contribution in [0.2, 0.25) is 0 Å². The number of ether oxygens (including phenoxy) is 1. The third kappa shape index (κ3) is 1.91. The van der Waals surface area contributed by atoms with Crippen molar-refractivity contribution in [2.24, 2.45) is 7.05 Å². The van der Waals surface area contributed by atoms with Gasteiger partial charge in [0.1, 0.15) is 10.6 Å². The van der Waals surface area contributed by atoms with Crippen LogP contribution in [0.15, 0.2) is 33.9 Å². The molecule has 0 amide bonds. The maximum Gasteiger partial charge on any atom is 0.336 e. The van der Waals surface area contributed by atoms with Gasteiger partial charge in [-0.1, -0.05) is 12.1 Å². The quantitative estimate of drug-likeness (QED) is 0.729. The molecular weight excluding hydrogens is 300 g/mol. The summed E-state index contributed by atoms with van der Waals surface area (Å²) in [4.78, 5) is 27.3. The first-order valence-corrected chi connectivity index (χ1v) is 7.64. The maximum absolute atomic E-state index is 12.9. The molecule has 0 bridgehead atoms. The van der Waals surface area contributed by atoms with Crippen LogP contribution in [0.5, 0.6) is 5.75 Å². The standard InChI is InChI=1S/C16H16N2O3S/c1-9-10(2)22-15-13(9)14(19)18(16(20)17(15)3)11-7-5-6-8-12(11)21-4/h5-8H,1-4H3. The molecule has 2 aromatic heterocycles. The van der Waals surface area contributed by atoms with Crippen molar-refractivity contribution in [3.8, 4) is 11.4 Å². The number of rotatable bonds is 2. The number of aryl methyl sites for hydroxylation is 3. The number of aromatic nitrogens is 2. The smallest absolute Gasteiger partial charge is 0.336 e. The molecule has 6 heteroatoms. The van der Waals surface area contributed by atoms with Gasteiger partial charge < -0.3 is 4.74 Å². The third-order valence-electron chi connectivity index (χ3n) is 3.89. The second kappa shape index (κ2) is 5.14. The predicted molar refractivity (Wildman–Crippen MR) is 88.7 cm³/mol. The normalized spacial score (nSPS) is 11.1. The van der Waals surface area contributed by atoms with Crippen molar-refractivity contribution in [3.63, 3.8) is 0 Å². The monoisotopic (exact) mass is 316 g/mol. The van der Waals surface area contributed by atoms with Crippen LogP contribution in [0.1, 0.15) is 10.4 Å². The zero-order chi connectivity index (χ0) is 16.0. The van der Waals surface area contributed by atoms with E-state index in [9.17, 15) is 9.59 Å². The van der Waals surface area contributed by atoms with Gasteiger partial charge in [-0.05, 0) is 31.5 Å². The second-order valence-electron chi connectivity index (χ2n) is 5.12. The van der Waals surface area contributed by atoms with Gasteiger partial charge in [0.25, 0.3) is 5.56 Å². The van der Waals surface area contributed by atoms with Crippen LogP contribution in [0.25, 0.3) is 15.9 Å². The maximum atomic E-state index is 12.9. The van der Waals surface area contributed by atoms with E-state index in [1.165, 1.54) is 27.6 Å². The van der Waals surface area contributed by atoms with Crippen molar-refractivity contribution in [3.05, 3.63) is 55.5 Å². The molecule has 0 aliphatic carbocycles. The summed E-state index contributed by atoms with van der Waals surface area (Å²) in [6.45, 7) is 3.87. The zero-order valence-corrected chi connectivity index (χ0v) is 13.7. The van der Waals surface area contributed by atoms with Gasteiger partial charge in [-0.15, -0.1) is 11.3 Å². The molecule has 0 fully saturated rings. The topological polar surface area (TPSA) is 53.2 Å². The van der Waals surface area contributed by atoms with E-state index in [1.807, 2.05) is 13.8 Å². The lowest BCUT2D eigenvalue weighted by molar-refractivity contribution is 0.412. The van der Waals surface area contributed by atoms with Gasteiger partial charge in [0.2, 0.25) is 0 Å². The largest absolute Gasteiger partial charge is 0.495 e. The highest BCUT2D eigenvalue weighted by Crippen LogP contribution is 2.27. The summed E-state index contributed by atoms with van der Waals surface area (Å²) in [6, 6.07) is 7.02. The Labute approximate surface area is 131 Å². The van der Waals surface area contributed by atoms with Gasteiger partial charge in [-0.25, -0.2) is 9.36 Å². The lowest BCUT2D eigenvalue weighted by Crippen LogP contribution is -2.37. The van der Waals surface area contributed by atoms with Crippen LogP contribution >= 0.6 is 11.3 Å². The molecule has 114 valence electrons. The van der Waals surface area contributed by atoms with Crippen LogP contribution in [-0.4, -0.2) is 16.2 Å². The molecule has 5 nitrogen and oxygen atoms in total. The van der Waals surface area contributed by atoms with Crippen LogP contribution in [0.3, 0.4) is 0 Å². The van der Waals surface area contributed by atoms with Crippen molar-refractivity contribution in [2.45, 2.75) is 13.8 Å². The van der Waals surface area contributed by atoms with E-state index in [1.54, 1.807) is 31.3 Å². The van der Waals surface area contributed by atoms with Gasteiger partial charge in [0.05, 0.1) is 18.2 Å². The predicted octanol–water partition coefficient (Wildman–Crippen LogP) is 2.38. The fraction of sp³-hybridized carbons (Fsp3) is 0.250. The van der Waals surface area contributed by atoms with Crippen LogP contribution in [0.4, 0.5) is 0 Å². The highest BCUT2D eigenvalue weighted by molar-refractivity contribution is 7.18. The SMILES string of the molecule is COc1ccccc1-n1c(=O)c2c(C)c(C)sc2n(C)c1=O. The molecule has 0 atom stereocenters. The molecule has 0 saturated heterocycles. The Balaban J connectivity index is 2.53. The highest BCUT2D eigenvalue weighted by atomic mass is 32.1. The number of nitrogens with zero attached hydrogens (tertiary/aromatic N) is 2. The Hall–Kier alpha value is -2.34. The molecule has 0 aliphatic rings. The fourth-order valence-electron chi connectivity index (χ4n) is 2.56. The van der Waals surface area contributed by atoms with E-state index < -0.39 is 0 Å². The number of thiophene rings is 1. The number of fused-ring (bicyclic) bond motifs is 1. The number of para-hydroxylation sites is 2. The molecular formula is C16H16N2O3S. The lowest BCUT2D eigenvalue weighted by Gasteiger charge is -2.12. The third-order valence-corrected chi connectivity index (χ3v) is 5.18. The molecule has 3 rings (SSSR count). The molecule has 0 radical (unpaired) electrons. The van der Waals surface area contributed by atoms with Crippen molar-refractivity contribution in [1.29, 1.82) is 0 Å². The minimum atomic E-state index is -0.372. The number of methoxy groups -OCH3 is 1. The van der Waals surface area contributed by atoms with Crippen LogP contribution in [0, 0.1) is 13.8 Å². The Morgan fingerprint density at radius 3 is 2.50 bits per heavy atom. The van der Waals surface area contributed by atoms with Gasteiger partial charge in [0.15, 0.2) is 0 Å². The van der Waals surface area contributed by atoms with E-state index in [0.29, 0.717) is 21.7 Å². The van der Waals surface area contributed by atoms with Gasteiger partial charge in [-0.2, -0.15) is 0 Å². The summed E-state index contributed by atoms with van der Waals surface area (Å²) in [6.07, 6.45) is 0. The van der Waals surface area contributed by atoms with Gasteiger partial charge in [0, 0.05) is 11.9 Å². The molecule has 0 N–H and O–H groups in total. The summed E-state index contributed by atoms with van der Waals surface area (Å²) < 4.78 is 7.99. The van der Waals surface area contributed by atoms with E-state index in [-0.39, 0.29) is 11.2 Å². The zero-order valence-electron chi connectivity index (χ0n) is 12.8. The summed E-state index contributed by atoms with van der Waals surface area (Å²) >= 11 is 1.47. The minimum absolute atomic E-state index is 0.301. The Kier molecular flexibility index (Phi) is 3.41. The molecule has 0 spiro atoms. The Morgan fingerprint density at radius 1 is 1.14 bits per heavy atom. The van der Waals surface area contributed by atoms with Gasteiger partial charge >= 0.3 is 5.69 Å². The van der Waals surface area contributed by atoms with E-state index in [0.717, 1.165) is 10.4 Å². The molecule has 0 saturated carbocycles. The first-order chi connectivity index (χ1) is 10.5. The van der Waals surface area contributed by atoms with Crippen LogP contribution < -0.4 is 16.0 Å². The highest BCUT2D eigenvalue weighted by Gasteiger charge is 2.19. The van der Waals surface area contributed by atoms with Crippen molar-refractivity contribution in [2.75, 3.05) is 7.11 Å². The minimum Gasteiger partial charge on any atom is -0.495 e. The average Bonchev–Trinajstić information content (AvgIpc) is 2.82. The fourth-order valence-corrected chi connectivity index (χ4v) is 3.66. The molecule has 1 aromatic carbocycles. The van der Waals surface area contributed by atoms with E-state index >= 15 is 0 Å². The molecule has 3 aromatic rings. The molecule has 0 unspecified atom stereocenters. The first kappa shape index (κ1) is 14.6. The first-order valence-electron chi connectivity index (χ1n) is 6.82.